The summed E-state index contributed by atoms with van der Waals surface area (Å²) in [5, 5.41) is 11.6. The number of rotatable bonds is 11. The number of aliphatic hydroxyl groups is 1. The molecule has 1 amide bonds. The molecule has 35 heavy (non-hydrogen) atoms. The summed E-state index contributed by atoms with van der Waals surface area (Å²) in [4.78, 5) is 30.2. The van der Waals surface area contributed by atoms with Gasteiger partial charge in [-0.15, -0.1) is 0 Å². The maximum absolute atomic E-state index is 13.2. The Kier molecular flexibility index (Phi) is 9.18. The monoisotopic (exact) mass is 500 g/mol. The fourth-order valence-electron chi connectivity index (χ4n) is 4.35. The average Bonchev–Trinajstić information content (AvgIpc) is 3.12. The molecule has 0 spiro atoms. The predicted molar refractivity (Wildman–Crippen MR) is 137 cm³/mol. The fraction of sp³-hybridized carbons (Fsp3) is 0.407. The Morgan fingerprint density at radius 3 is 2.49 bits per heavy atom. The number of methoxy groups -OCH3 is 1. The molecule has 1 fully saturated rings. The van der Waals surface area contributed by atoms with Gasteiger partial charge in [0.2, 0.25) is 0 Å². The smallest absolute Gasteiger partial charge is 0.295 e. The lowest BCUT2D eigenvalue weighted by Crippen LogP contribution is -2.33. The van der Waals surface area contributed by atoms with E-state index in [0.29, 0.717) is 47.2 Å². The van der Waals surface area contributed by atoms with Crippen LogP contribution in [-0.4, -0.2) is 66.5 Å². The van der Waals surface area contributed by atoms with Crippen molar-refractivity contribution in [2.24, 2.45) is 0 Å². The third-order valence-electron chi connectivity index (χ3n) is 6.22. The standard InChI is InChI=1S/C27H33ClN2O5/c1-5-29(6-2)14-9-15-30-24(18-10-8-11-20(16-18)34-4)23(26(32)27(30)33)25(31)19-12-13-22(35-7-3)21(28)17-19/h8,10-13,16-17,24,31H,5-7,9,14-15H2,1-4H3/b25-23+/t24-/m0/s1. The van der Waals surface area contributed by atoms with Crippen molar-refractivity contribution in [1.29, 1.82) is 0 Å². The van der Waals surface area contributed by atoms with Gasteiger partial charge in [-0.05, 0) is 68.9 Å². The van der Waals surface area contributed by atoms with Gasteiger partial charge in [0.1, 0.15) is 17.3 Å². The summed E-state index contributed by atoms with van der Waals surface area (Å²) in [6, 6.07) is 11.3. The Balaban J connectivity index is 2.06. The second-order valence-electron chi connectivity index (χ2n) is 8.23. The SMILES string of the molecule is CCOc1ccc(/C(O)=C2\C(=O)C(=O)N(CCCN(CC)CC)[C@H]2c2cccc(OC)c2)cc1Cl. The molecule has 1 aliphatic heterocycles. The number of ether oxygens (including phenoxy) is 2. The lowest BCUT2D eigenvalue weighted by atomic mass is 9.95. The molecule has 7 nitrogen and oxygen atoms in total. The zero-order valence-corrected chi connectivity index (χ0v) is 21.5. The Labute approximate surface area is 211 Å². The van der Waals surface area contributed by atoms with Crippen molar-refractivity contribution in [3.8, 4) is 11.5 Å². The zero-order chi connectivity index (χ0) is 25.5. The molecule has 0 aromatic heterocycles. The van der Waals surface area contributed by atoms with Crippen LogP contribution in [0.4, 0.5) is 0 Å². The molecule has 0 aliphatic carbocycles. The Morgan fingerprint density at radius 1 is 1.11 bits per heavy atom. The number of likely N-dealkylation sites (tertiary alicyclic amines) is 1. The van der Waals surface area contributed by atoms with Crippen LogP contribution in [0.15, 0.2) is 48.0 Å². The van der Waals surface area contributed by atoms with Crippen LogP contribution in [0.3, 0.4) is 0 Å². The van der Waals surface area contributed by atoms with E-state index >= 15 is 0 Å². The van der Waals surface area contributed by atoms with E-state index in [4.69, 9.17) is 21.1 Å². The summed E-state index contributed by atoms with van der Waals surface area (Å²) >= 11 is 6.33. The van der Waals surface area contributed by atoms with Gasteiger partial charge < -0.3 is 24.4 Å². The Morgan fingerprint density at radius 2 is 1.86 bits per heavy atom. The number of carbonyl (C=O) groups excluding carboxylic acids is 2. The van der Waals surface area contributed by atoms with Crippen molar-refractivity contribution < 1.29 is 24.2 Å². The van der Waals surface area contributed by atoms with Gasteiger partial charge in [-0.1, -0.05) is 37.6 Å². The minimum atomic E-state index is -0.743. The molecule has 2 aromatic carbocycles. The van der Waals surface area contributed by atoms with Gasteiger partial charge in [0.15, 0.2) is 0 Å². The summed E-state index contributed by atoms with van der Waals surface area (Å²) in [5.74, 6) is -0.543. The number of amides is 1. The topological polar surface area (TPSA) is 79.3 Å². The van der Waals surface area contributed by atoms with Crippen LogP contribution in [0.25, 0.3) is 5.76 Å². The minimum Gasteiger partial charge on any atom is -0.507 e. The largest absolute Gasteiger partial charge is 0.507 e. The number of benzene rings is 2. The van der Waals surface area contributed by atoms with E-state index in [9.17, 15) is 14.7 Å². The lowest BCUT2D eigenvalue weighted by molar-refractivity contribution is -0.140. The number of aliphatic hydroxyl groups excluding tert-OH is 1. The van der Waals surface area contributed by atoms with Gasteiger partial charge in [-0.25, -0.2) is 0 Å². The van der Waals surface area contributed by atoms with E-state index in [1.807, 2.05) is 13.0 Å². The molecule has 8 heteroatoms. The molecule has 0 unspecified atom stereocenters. The van der Waals surface area contributed by atoms with E-state index < -0.39 is 17.7 Å². The van der Waals surface area contributed by atoms with E-state index in [0.717, 1.165) is 19.6 Å². The quantitative estimate of drug-likeness (QED) is 0.268. The van der Waals surface area contributed by atoms with Gasteiger partial charge in [0, 0.05) is 12.1 Å². The molecular formula is C27H33ClN2O5. The predicted octanol–water partition coefficient (Wildman–Crippen LogP) is 4.90. The second kappa shape index (κ2) is 12.1. The summed E-state index contributed by atoms with van der Waals surface area (Å²) in [7, 11) is 1.56. The van der Waals surface area contributed by atoms with Gasteiger partial charge in [0.25, 0.3) is 11.7 Å². The molecule has 188 valence electrons. The highest BCUT2D eigenvalue weighted by Crippen LogP contribution is 2.41. The molecule has 1 heterocycles. The summed E-state index contributed by atoms with van der Waals surface area (Å²) in [6.07, 6.45) is 0.699. The molecule has 1 N–H and O–H groups in total. The number of carbonyl (C=O) groups is 2. The number of hydrogen-bond donors (Lipinski definition) is 1. The average molecular weight is 501 g/mol. The molecule has 3 rings (SSSR count). The minimum absolute atomic E-state index is 0.0336. The van der Waals surface area contributed by atoms with E-state index in [1.54, 1.807) is 42.3 Å². The van der Waals surface area contributed by atoms with Crippen molar-refractivity contribution in [2.45, 2.75) is 33.2 Å². The van der Waals surface area contributed by atoms with Crippen LogP contribution >= 0.6 is 11.6 Å². The lowest BCUT2D eigenvalue weighted by Gasteiger charge is -2.27. The first-order valence-corrected chi connectivity index (χ1v) is 12.3. The van der Waals surface area contributed by atoms with E-state index in [1.165, 1.54) is 6.07 Å². The molecule has 1 atom stereocenters. The molecule has 0 saturated carbocycles. The van der Waals surface area contributed by atoms with Gasteiger partial charge in [-0.3, -0.25) is 9.59 Å². The number of halogens is 1. The van der Waals surface area contributed by atoms with E-state index in [2.05, 4.69) is 18.7 Å². The number of ketones is 1. The van der Waals surface area contributed by atoms with Gasteiger partial charge >= 0.3 is 0 Å². The third kappa shape index (κ3) is 5.80. The first kappa shape index (κ1) is 26.6. The molecule has 1 aliphatic rings. The molecule has 0 radical (unpaired) electrons. The summed E-state index contributed by atoms with van der Waals surface area (Å²) in [5.41, 5.74) is 1.06. The summed E-state index contributed by atoms with van der Waals surface area (Å²) in [6.45, 7) is 9.47. The normalized spacial score (nSPS) is 17.3. The number of hydrogen-bond acceptors (Lipinski definition) is 6. The van der Waals surface area contributed by atoms with Crippen molar-refractivity contribution in [1.82, 2.24) is 9.80 Å². The van der Waals surface area contributed by atoms with Crippen molar-refractivity contribution in [2.75, 3.05) is 39.9 Å². The van der Waals surface area contributed by atoms with Gasteiger partial charge in [-0.2, -0.15) is 0 Å². The highest BCUT2D eigenvalue weighted by atomic mass is 35.5. The maximum atomic E-state index is 13.2. The highest BCUT2D eigenvalue weighted by Gasteiger charge is 2.46. The van der Waals surface area contributed by atoms with Crippen LogP contribution < -0.4 is 9.47 Å². The fourth-order valence-corrected chi connectivity index (χ4v) is 4.58. The number of Topliss-reactive ketones (excluding diaryl/α,β-unsaturated/α-hetero) is 1. The molecular weight excluding hydrogens is 468 g/mol. The molecule has 1 saturated heterocycles. The van der Waals surface area contributed by atoms with Crippen LogP contribution in [-0.2, 0) is 9.59 Å². The van der Waals surface area contributed by atoms with Crippen LogP contribution in [0.5, 0.6) is 11.5 Å². The Hall–Kier alpha value is -3.03. The molecule has 2 aromatic rings. The van der Waals surface area contributed by atoms with Crippen molar-refractivity contribution in [3.05, 3.63) is 64.2 Å². The first-order valence-electron chi connectivity index (χ1n) is 11.9. The van der Waals surface area contributed by atoms with Gasteiger partial charge in [0.05, 0.1) is 30.4 Å². The zero-order valence-electron chi connectivity index (χ0n) is 20.7. The van der Waals surface area contributed by atoms with Crippen LogP contribution in [0.2, 0.25) is 5.02 Å². The van der Waals surface area contributed by atoms with Crippen LogP contribution in [0, 0.1) is 0 Å². The maximum Gasteiger partial charge on any atom is 0.295 e. The van der Waals surface area contributed by atoms with Crippen molar-refractivity contribution in [3.63, 3.8) is 0 Å². The van der Waals surface area contributed by atoms with Crippen molar-refractivity contribution >= 4 is 29.1 Å². The summed E-state index contributed by atoms with van der Waals surface area (Å²) < 4.78 is 10.8. The van der Waals surface area contributed by atoms with Crippen LogP contribution in [0.1, 0.15) is 44.4 Å². The Bertz CT molecular complexity index is 1100. The highest BCUT2D eigenvalue weighted by molar-refractivity contribution is 6.46. The van der Waals surface area contributed by atoms with E-state index in [-0.39, 0.29) is 11.3 Å². The molecule has 0 bridgehead atoms. The first-order chi connectivity index (χ1) is 16.9. The number of nitrogens with zero attached hydrogens (tertiary/aromatic N) is 2. The third-order valence-corrected chi connectivity index (χ3v) is 6.52. The second-order valence-corrected chi connectivity index (χ2v) is 8.63.